The van der Waals surface area contributed by atoms with Crippen LogP contribution in [0.25, 0.3) is 0 Å². The van der Waals surface area contributed by atoms with E-state index in [9.17, 15) is 0 Å². The average Bonchev–Trinajstić information content (AvgIpc) is 2.87. The van der Waals surface area contributed by atoms with E-state index in [4.69, 9.17) is 4.42 Å². The van der Waals surface area contributed by atoms with Crippen LogP contribution in [0.3, 0.4) is 0 Å². The Kier molecular flexibility index (Phi) is 5.74. The Morgan fingerprint density at radius 2 is 1.95 bits per heavy atom. The zero-order valence-corrected chi connectivity index (χ0v) is 13.3. The Morgan fingerprint density at radius 3 is 2.60 bits per heavy atom. The summed E-state index contributed by atoms with van der Waals surface area (Å²) in [7, 11) is 0. The Labute approximate surface area is 126 Å². The molecule has 2 nitrogen and oxygen atoms in total. The molecular weight excluding hydrogens is 266 g/mol. The van der Waals surface area contributed by atoms with Crippen LogP contribution in [0.4, 0.5) is 0 Å². The van der Waals surface area contributed by atoms with E-state index in [-0.39, 0.29) is 0 Å². The van der Waals surface area contributed by atoms with Crippen LogP contribution in [-0.4, -0.2) is 6.54 Å². The summed E-state index contributed by atoms with van der Waals surface area (Å²) in [6.07, 6.45) is 4.02. The first-order valence-electron chi connectivity index (χ1n) is 7.30. The van der Waals surface area contributed by atoms with Crippen LogP contribution in [0.2, 0.25) is 0 Å². The van der Waals surface area contributed by atoms with Gasteiger partial charge in [-0.2, -0.15) is 0 Å². The molecule has 1 aromatic carbocycles. The topological polar surface area (TPSA) is 25.2 Å². The lowest BCUT2D eigenvalue weighted by molar-refractivity contribution is 0.512. The molecule has 20 heavy (non-hydrogen) atoms. The van der Waals surface area contributed by atoms with Gasteiger partial charge < -0.3 is 9.73 Å². The molecule has 0 spiro atoms. The van der Waals surface area contributed by atoms with Crippen LogP contribution in [0, 0.1) is 6.92 Å². The molecule has 1 atom stereocenters. The Hall–Kier alpha value is -1.19. The Morgan fingerprint density at radius 1 is 1.15 bits per heavy atom. The molecular formula is C17H23NOS. The summed E-state index contributed by atoms with van der Waals surface area (Å²) < 4.78 is 5.39. The van der Waals surface area contributed by atoms with Crippen LogP contribution in [0.15, 0.2) is 50.8 Å². The minimum atomic E-state index is 0.422. The number of benzene rings is 1. The van der Waals surface area contributed by atoms with Crippen molar-refractivity contribution in [3.05, 3.63) is 47.9 Å². The number of hydrogen-bond acceptors (Lipinski definition) is 3. The van der Waals surface area contributed by atoms with Crippen molar-refractivity contribution in [3.8, 4) is 0 Å². The van der Waals surface area contributed by atoms with Gasteiger partial charge in [-0.3, -0.25) is 0 Å². The highest BCUT2D eigenvalue weighted by Crippen LogP contribution is 2.36. The van der Waals surface area contributed by atoms with E-state index in [0.29, 0.717) is 6.04 Å². The molecule has 1 heterocycles. The van der Waals surface area contributed by atoms with Crippen LogP contribution >= 0.6 is 11.8 Å². The predicted octanol–water partition coefficient (Wildman–Crippen LogP) is 5.19. The van der Waals surface area contributed by atoms with E-state index in [1.165, 1.54) is 15.4 Å². The summed E-state index contributed by atoms with van der Waals surface area (Å²) in [4.78, 5) is 2.51. The van der Waals surface area contributed by atoms with Crippen molar-refractivity contribution >= 4 is 11.8 Å². The van der Waals surface area contributed by atoms with Gasteiger partial charge in [-0.15, -0.1) is 0 Å². The van der Waals surface area contributed by atoms with Gasteiger partial charge in [-0.25, -0.2) is 0 Å². The highest BCUT2D eigenvalue weighted by atomic mass is 32.2. The average molecular weight is 289 g/mol. The Balaban J connectivity index is 2.23. The molecule has 0 radical (unpaired) electrons. The summed E-state index contributed by atoms with van der Waals surface area (Å²) in [6.45, 7) is 7.51. The van der Waals surface area contributed by atoms with E-state index in [1.54, 1.807) is 18.0 Å². The number of aryl methyl sites for hydroxylation is 1. The van der Waals surface area contributed by atoms with Gasteiger partial charge in [-0.05, 0) is 44.0 Å². The molecule has 0 saturated carbocycles. The maximum Gasteiger partial charge on any atom is 0.114 e. The molecule has 0 fully saturated rings. The van der Waals surface area contributed by atoms with Crippen LogP contribution in [0.1, 0.15) is 44.1 Å². The molecule has 0 aliphatic heterocycles. The van der Waals surface area contributed by atoms with E-state index in [2.05, 4.69) is 43.4 Å². The lowest BCUT2D eigenvalue weighted by atomic mass is 10.0. The summed E-state index contributed by atoms with van der Waals surface area (Å²) in [6, 6.07) is 11.1. The fourth-order valence-corrected chi connectivity index (χ4v) is 3.28. The van der Waals surface area contributed by atoms with Gasteiger partial charge in [0.15, 0.2) is 0 Å². The monoisotopic (exact) mass is 289 g/mol. The van der Waals surface area contributed by atoms with Gasteiger partial charge in [0.05, 0.1) is 11.2 Å². The third-order valence-corrected chi connectivity index (χ3v) is 4.61. The van der Waals surface area contributed by atoms with Crippen molar-refractivity contribution in [2.45, 2.75) is 49.4 Å². The molecule has 2 rings (SSSR count). The molecule has 108 valence electrons. The predicted molar refractivity (Wildman–Crippen MR) is 85.3 cm³/mol. The van der Waals surface area contributed by atoms with E-state index >= 15 is 0 Å². The van der Waals surface area contributed by atoms with E-state index in [1.807, 2.05) is 13.0 Å². The zero-order chi connectivity index (χ0) is 14.4. The van der Waals surface area contributed by atoms with Gasteiger partial charge in [0.25, 0.3) is 0 Å². The smallest absolute Gasteiger partial charge is 0.114 e. The lowest BCUT2D eigenvalue weighted by Gasteiger charge is -2.20. The SMILES string of the molecule is CCCNC(CC)c1ccccc1Sc1ccoc1C. The molecule has 0 aliphatic rings. The lowest BCUT2D eigenvalue weighted by Crippen LogP contribution is -2.21. The molecule has 1 unspecified atom stereocenters. The second kappa shape index (κ2) is 7.55. The second-order valence-electron chi connectivity index (χ2n) is 4.90. The van der Waals surface area contributed by atoms with E-state index in [0.717, 1.165) is 25.1 Å². The van der Waals surface area contributed by atoms with Gasteiger partial charge in [0, 0.05) is 10.9 Å². The summed E-state index contributed by atoms with van der Waals surface area (Å²) in [5, 5.41) is 3.63. The highest BCUT2D eigenvalue weighted by Gasteiger charge is 2.14. The van der Waals surface area contributed by atoms with E-state index < -0.39 is 0 Å². The number of hydrogen-bond donors (Lipinski definition) is 1. The minimum absolute atomic E-state index is 0.422. The fourth-order valence-electron chi connectivity index (χ4n) is 2.25. The first-order valence-corrected chi connectivity index (χ1v) is 8.12. The molecule has 0 aliphatic carbocycles. The van der Waals surface area contributed by atoms with Crippen molar-refractivity contribution in [2.24, 2.45) is 0 Å². The molecule has 0 bridgehead atoms. The highest BCUT2D eigenvalue weighted by molar-refractivity contribution is 7.99. The molecule has 0 saturated heterocycles. The van der Waals surface area contributed by atoms with Crippen LogP contribution in [0.5, 0.6) is 0 Å². The number of rotatable bonds is 7. The first kappa shape index (κ1) is 15.2. The number of nitrogens with one attached hydrogen (secondary N) is 1. The summed E-state index contributed by atoms with van der Waals surface area (Å²) in [5.41, 5.74) is 1.38. The molecule has 1 N–H and O–H groups in total. The second-order valence-corrected chi connectivity index (χ2v) is 5.98. The van der Waals surface area contributed by atoms with Gasteiger partial charge in [0.2, 0.25) is 0 Å². The number of furan rings is 1. The summed E-state index contributed by atoms with van der Waals surface area (Å²) >= 11 is 1.79. The fraction of sp³-hybridized carbons (Fsp3) is 0.412. The molecule has 0 amide bonds. The van der Waals surface area contributed by atoms with Crippen molar-refractivity contribution in [2.75, 3.05) is 6.54 Å². The quantitative estimate of drug-likeness (QED) is 0.759. The maximum atomic E-state index is 5.39. The molecule has 2 aromatic rings. The molecule has 3 heteroatoms. The largest absolute Gasteiger partial charge is 0.468 e. The Bertz CT molecular complexity index is 535. The molecule has 1 aromatic heterocycles. The van der Waals surface area contributed by atoms with Crippen molar-refractivity contribution in [3.63, 3.8) is 0 Å². The standard InChI is InChI=1S/C17H23NOS/c1-4-11-18-15(5-2)14-8-6-7-9-17(14)20-16-10-12-19-13(16)3/h6-10,12,15,18H,4-5,11H2,1-3H3. The van der Waals surface area contributed by atoms with Crippen molar-refractivity contribution in [1.82, 2.24) is 5.32 Å². The van der Waals surface area contributed by atoms with Gasteiger partial charge >= 0.3 is 0 Å². The third-order valence-electron chi connectivity index (χ3n) is 3.37. The van der Waals surface area contributed by atoms with Crippen molar-refractivity contribution < 1.29 is 4.42 Å². The van der Waals surface area contributed by atoms with Crippen LogP contribution in [-0.2, 0) is 0 Å². The maximum absolute atomic E-state index is 5.39. The van der Waals surface area contributed by atoms with Crippen molar-refractivity contribution in [1.29, 1.82) is 0 Å². The first-order chi connectivity index (χ1) is 9.76. The zero-order valence-electron chi connectivity index (χ0n) is 12.5. The van der Waals surface area contributed by atoms with Gasteiger partial charge in [0.1, 0.15) is 5.76 Å². The summed E-state index contributed by atoms with van der Waals surface area (Å²) in [5.74, 6) is 0.986. The van der Waals surface area contributed by atoms with Gasteiger partial charge in [-0.1, -0.05) is 43.8 Å². The van der Waals surface area contributed by atoms with Crippen LogP contribution < -0.4 is 5.32 Å². The third kappa shape index (κ3) is 3.68. The normalized spacial score (nSPS) is 12.6. The minimum Gasteiger partial charge on any atom is -0.468 e.